The molecule has 2 N–H and O–H groups in total. The van der Waals surface area contributed by atoms with Gasteiger partial charge in [-0.2, -0.15) is 0 Å². The van der Waals surface area contributed by atoms with E-state index in [1.165, 1.54) is 12.0 Å². The van der Waals surface area contributed by atoms with E-state index >= 15 is 0 Å². The van der Waals surface area contributed by atoms with E-state index in [0.29, 0.717) is 12.1 Å². The number of hydrogen-bond acceptors (Lipinski definition) is 4. The molecule has 1 aromatic rings. The van der Waals surface area contributed by atoms with Gasteiger partial charge in [0, 0.05) is 30.7 Å². The Labute approximate surface area is 127 Å². The van der Waals surface area contributed by atoms with Crippen LogP contribution in [0.1, 0.15) is 6.42 Å². The topological polar surface area (TPSA) is 78.9 Å². The van der Waals surface area contributed by atoms with Gasteiger partial charge < -0.3 is 20.1 Å². The van der Waals surface area contributed by atoms with Crippen molar-refractivity contribution in [3.05, 3.63) is 24.3 Å². The van der Waals surface area contributed by atoms with Crippen LogP contribution in [0.5, 0.6) is 0 Å². The molecule has 1 aliphatic heterocycles. The van der Waals surface area contributed by atoms with E-state index in [0.717, 1.165) is 4.90 Å². The molecule has 1 saturated heterocycles. The minimum absolute atomic E-state index is 0.241. The number of methoxy groups -OCH3 is 1. The van der Waals surface area contributed by atoms with Gasteiger partial charge >= 0.3 is 12.0 Å². The lowest BCUT2D eigenvalue weighted by molar-refractivity contribution is -0.141. The van der Waals surface area contributed by atoms with E-state index in [4.69, 9.17) is 4.74 Å². The molecule has 0 aliphatic carbocycles. The van der Waals surface area contributed by atoms with Gasteiger partial charge in [-0.25, -0.2) is 9.59 Å². The van der Waals surface area contributed by atoms with E-state index in [-0.39, 0.29) is 12.6 Å². The predicted octanol–water partition coefficient (Wildman–Crippen LogP) is 2.11. The number of carboxylic acid groups (broad SMARTS) is 1. The number of hydrogen-bond donors (Lipinski definition) is 2. The van der Waals surface area contributed by atoms with Crippen molar-refractivity contribution in [1.82, 2.24) is 4.90 Å². The van der Waals surface area contributed by atoms with Gasteiger partial charge in [0.2, 0.25) is 0 Å². The highest BCUT2D eigenvalue weighted by Crippen LogP contribution is 2.23. The summed E-state index contributed by atoms with van der Waals surface area (Å²) in [5.74, 6) is -1.01. The van der Waals surface area contributed by atoms with E-state index in [1.807, 2.05) is 24.5 Å². The normalized spacial score (nSPS) is 21.3. The number of rotatable bonds is 4. The Balaban J connectivity index is 2.09. The van der Waals surface area contributed by atoms with Gasteiger partial charge in [-0.3, -0.25) is 0 Å². The van der Waals surface area contributed by atoms with Crippen LogP contribution in [0, 0.1) is 0 Å². The minimum Gasteiger partial charge on any atom is -0.480 e. The number of nitrogens with one attached hydrogen (secondary N) is 1. The zero-order valence-corrected chi connectivity index (χ0v) is 12.7. The number of nitrogens with zero attached hydrogens (tertiary/aromatic N) is 1. The molecule has 1 heterocycles. The maximum atomic E-state index is 12.3. The zero-order chi connectivity index (χ0) is 15.4. The Morgan fingerprint density at radius 3 is 2.86 bits per heavy atom. The average molecular weight is 310 g/mol. The maximum Gasteiger partial charge on any atom is 0.326 e. The number of carboxylic acids is 1. The summed E-state index contributed by atoms with van der Waals surface area (Å²) in [5.41, 5.74) is 0.650. The smallest absolute Gasteiger partial charge is 0.326 e. The van der Waals surface area contributed by atoms with Crippen molar-refractivity contribution in [3.63, 3.8) is 0 Å². The second-order valence-electron chi connectivity index (χ2n) is 4.76. The third-order valence-corrected chi connectivity index (χ3v) is 4.19. The van der Waals surface area contributed by atoms with E-state index < -0.39 is 18.0 Å². The van der Waals surface area contributed by atoms with Crippen LogP contribution in [0.15, 0.2) is 29.2 Å². The summed E-state index contributed by atoms with van der Waals surface area (Å²) in [6, 6.07) is 6.15. The lowest BCUT2D eigenvalue weighted by Crippen LogP contribution is -2.43. The van der Waals surface area contributed by atoms with Crippen LogP contribution in [0.3, 0.4) is 0 Å². The molecule has 7 heteroatoms. The molecular formula is C14H18N2O4S. The zero-order valence-electron chi connectivity index (χ0n) is 11.9. The first-order valence-electron chi connectivity index (χ1n) is 6.52. The molecule has 6 nitrogen and oxygen atoms in total. The van der Waals surface area contributed by atoms with Crippen LogP contribution < -0.4 is 5.32 Å². The average Bonchev–Trinajstić information content (AvgIpc) is 2.92. The highest BCUT2D eigenvalue weighted by atomic mass is 32.2. The summed E-state index contributed by atoms with van der Waals surface area (Å²) >= 11 is 1.57. The molecule has 1 aromatic carbocycles. The fourth-order valence-corrected chi connectivity index (χ4v) is 2.78. The van der Waals surface area contributed by atoms with Crippen LogP contribution in [0.2, 0.25) is 0 Å². The largest absolute Gasteiger partial charge is 0.480 e. The second kappa shape index (κ2) is 6.82. The molecule has 1 aliphatic rings. The van der Waals surface area contributed by atoms with Gasteiger partial charge in [-0.05, 0) is 24.5 Å². The van der Waals surface area contributed by atoms with Gasteiger partial charge in [-0.15, -0.1) is 11.8 Å². The Morgan fingerprint density at radius 1 is 1.48 bits per heavy atom. The molecule has 0 bridgehead atoms. The summed E-state index contributed by atoms with van der Waals surface area (Å²) < 4.78 is 5.17. The van der Waals surface area contributed by atoms with Gasteiger partial charge in [0.25, 0.3) is 0 Å². The van der Waals surface area contributed by atoms with Crippen molar-refractivity contribution in [3.8, 4) is 0 Å². The molecular weight excluding hydrogens is 292 g/mol. The molecule has 0 radical (unpaired) electrons. The molecule has 21 heavy (non-hydrogen) atoms. The summed E-state index contributed by atoms with van der Waals surface area (Å²) in [4.78, 5) is 25.9. The molecule has 1 fully saturated rings. The number of thioether (sulfide) groups is 1. The lowest BCUT2D eigenvalue weighted by atomic mass is 10.2. The molecule has 2 amide bonds. The summed E-state index contributed by atoms with van der Waals surface area (Å²) in [7, 11) is 1.52. The Kier molecular flexibility index (Phi) is 5.08. The highest BCUT2D eigenvalue weighted by Gasteiger charge is 2.39. The molecule has 2 atom stereocenters. The van der Waals surface area contributed by atoms with E-state index in [1.54, 1.807) is 17.8 Å². The number of ether oxygens (including phenoxy) is 1. The van der Waals surface area contributed by atoms with Gasteiger partial charge in [0.15, 0.2) is 0 Å². The molecule has 2 unspecified atom stereocenters. The Bertz CT molecular complexity index is 537. The third-order valence-electron chi connectivity index (χ3n) is 3.46. The van der Waals surface area contributed by atoms with Crippen LogP contribution in [0.25, 0.3) is 0 Å². The quantitative estimate of drug-likeness (QED) is 0.833. The van der Waals surface area contributed by atoms with Crippen molar-refractivity contribution in [2.24, 2.45) is 0 Å². The monoisotopic (exact) mass is 310 g/mol. The third kappa shape index (κ3) is 3.68. The fourth-order valence-electron chi connectivity index (χ4n) is 2.32. The second-order valence-corrected chi connectivity index (χ2v) is 5.64. The number of anilines is 1. The van der Waals surface area contributed by atoms with Gasteiger partial charge in [0.1, 0.15) is 6.04 Å². The highest BCUT2D eigenvalue weighted by molar-refractivity contribution is 7.98. The standard InChI is InChI=1S/C14H18N2O4S/c1-20-10-7-12(13(17)18)16(8-10)14(19)15-9-4-3-5-11(6-9)21-2/h3-6,10,12H,7-8H2,1-2H3,(H,15,19)(H,17,18). The van der Waals surface area contributed by atoms with E-state index in [2.05, 4.69) is 5.32 Å². The number of aliphatic carboxylic acids is 1. The van der Waals surface area contributed by atoms with Crippen LogP contribution in [-0.4, -0.2) is 54.1 Å². The van der Waals surface area contributed by atoms with Crippen molar-refractivity contribution in [2.45, 2.75) is 23.5 Å². The summed E-state index contributed by atoms with van der Waals surface area (Å²) in [6.45, 7) is 0.279. The molecule has 0 aromatic heterocycles. The SMILES string of the molecule is COC1CC(C(=O)O)N(C(=O)Nc2cccc(SC)c2)C1. The first kappa shape index (κ1) is 15.7. The molecule has 114 valence electrons. The van der Waals surface area contributed by atoms with Crippen molar-refractivity contribution < 1.29 is 19.4 Å². The molecule has 2 rings (SSSR count). The summed E-state index contributed by atoms with van der Waals surface area (Å²) in [6.07, 6.45) is 2.02. The van der Waals surface area contributed by atoms with Crippen molar-refractivity contribution in [1.29, 1.82) is 0 Å². The number of carbonyl (C=O) groups is 2. The number of carbonyl (C=O) groups excluding carboxylic acids is 1. The predicted molar refractivity (Wildman–Crippen MR) is 80.8 cm³/mol. The first-order chi connectivity index (χ1) is 10.0. The fraction of sp³-hybridized carbons (Fsp3) is 0.429. The minimum atomic E-state index is -1.01. The Hall–Kier alpha value is -1.73. The Morgan fingerprint density at radius 2 is 2.24 bits per heavy atom. The van der Waals surface area contributed by atoms with Crippen LogP contribution >= 0.6 is 11.8 Å². The van der Waals surface area contributed by atoms with Crippen molar-refractivity contribution in [2.75, 3.05) is 25.2 Å². The van der Waals surface area contributed by atoms with Gasteiger partial charge in [0.05, 0.1) is 6.10 Å². The molecule has 0 spiro atoms. The number of urea groups is 1. The molecule has 0 saturated carbocycles. The van der Waals surface area contributed by atoms with E-state index in [9.17, 15) is 14.7 Å². The lowest BCUT2D eigenvalue weighted by Gasteiger charge is -2.21. The maximum absolute atomic E-state index is 12.3. The first-order valence-corrected chi connectivity index (χ1v) is 7.75. The number of likely N-dealkylation sites (tertiary alicyclic amines) is 1. The van der Waals surface area contributed by atoms with Crippen molar-refractivity contribution >= 4 is 29.4 Å². The van der Waals surface area contributed by atoms with Crippen LogP contribution in [-0.2, 0) is 9.53 Å². The number of benzene rings is 1. The van der Waals surface area contributed by atoms with Gasteiger partial charge in [-0.1, -0.05) is 6.07 Å². The number of amides is 2. The summed E-state index contributed by atoms with van der Waals surface area (Å²) in [5, 5.41) is 12.0. The van der Waals surface area contributed by atoms with Crippen LogP contribution in [0.4, 0.5) is 10.5 Å².